The van der Waals surface area contributed by atoms with Gasteiger partial charge in [-0.2, -0.15) is 0 Å². The van der Waals surface area contributed by atoms with Gasteiger partial charge in [-0.3, -0.25) is 0 Å². The van der Waals surface area contributed by atoms with Crippen molar-refractivity contribution in [2.45, 2.75) is 12.5 Å². The van der Waals surface area contributed by atoms with E-state index in [1.54, 1.807) is 7.11 Å². The highest BCUT2D eigenvalue weighted by Crippen LogP contribution is 2.30. The molecule has 1 aromatic heterocycles. The van der Waals surface area contributed by atoms with Gasteiger partial charge < -0.3 is 20.4 Å². The quantitative estimate of drug-likeness (QED) is 0.373. The molecule has 5 heteroatoms. The van der Waals surface area contributed by atoms with Gasteiger partial charge >= 0.3 is 0 Å². The van der Waals surface area contributed by atoms with Crippen molar-refractivity contribution in [1.82, 2.24) is 15.6 Å². The van der Waals surface area contributed by atoms with E-state index in [1.807, 2.05) is 30.3 Å². The molecule has 0 unspecified atom stereocenters. The number of rotatable bonds is 7. The molecular formula is C25H25N3OS. The minimum atomic E-state index is 0.183. The number of aromatic nitrogens is 1. The fraction of sp³-hybridized carbons (Fsp3) is 0.160. The molecule has 1 heterocycles. The highest BCUT2D eigenvalue weighted by molar-refractivity contribution is 7.80. The summed E-state index contributed by atoms with van der Waals surface area (Å²) in [5, 5.41) is 8.59. The Bertz CT molecular complexity index is 1110. The predicted octanol–water partition coefficient (Wildman–Crippen LogP) is 4.97. The molecule has 1 atom stereocenters. The van der Waals surface area contributed by atoms with Crippen LogP contribution in [0.2, 0.25) is 0 Å². The molecule has 4 nitrogen and oxygen atoms in total. The summed E-state index contributed by atoms with van der Waals surface area (Å²) in [6.45, 7) is 1.37. The fourth-order valence-electron chi connectivity index (χ4n) is 3.66. The Morgan fingerprint density at radius 3 is 2.43 bits per heavy atom. The van der Waals surface area contributed by atoms with E-state index in [1.165, 1.54) is 16.5 Å². The molecule has 0 spiro atoms. The van der Waals surface area contributed by atoms with Gasteiger partial charge in [0.1, 0.15) is 5.75 Å². The molecule has 0 saturated carbocycles. The van der Waals surface area contributed by atoms with Gasteiger partial charge in [-0.25, -0.2) is 0 Å². The SMILES string of the molecule is COc1ccc(CNC(=S)NC[C@@H](c2ccccc2)c2c[nH]c3ccccc23)cc1. The Kier molecular flexibility index (Phi) is 6.30. The van der Waals surface area contributed by atoms with Crippen LogP contribution in [0, 0.1) is 0 Å². The van der Waals surface area contributed by atoms with Crippen LogP contribution in [0.5, 0.6) is 5.75 Å². The van der Waals surface area contributed by atoms with Crippen LogP contribution >= 0.6 is 12.2 Å². The van der Waals surface area contributed by atoms with E-state index in [9.17, 15) is 0 Å². The molecule has 0 fully saturated rings. The topological polar surface area (TPSA) is 49.1 Å². The molecule has 0 aliphatic carbocycles. The molecule has 3 aromatic carbocycles. The molecule has 0 saturated heterocycles. The number of methoxy groups -OCH3 is 1. The summed E-state index contributed by atoms with van der Waals surface area (Å²) in [5.41, 5.74) is 4.82. The number of para-hydroxylation sites is 1. The van der Waals surface area contributed by atoms with Crippen molar-refractivity contribution in [2.24, 2.45) is 0 Å². The van der Waals surface area contributed by atoms with Crippen molar-refractivity contribution in [2.75, 3.05) is 13.7 Å². The number of hydrogen-bond donors (Lipinski definition) is 3. The van der Waals surface area contributed by atoms with Gasteiger partial charge in [0, 0.05) is 36.1 Å². The first-order chi connectivity index (χ1) is 14.7. The summed E-state index contributed by atoms with van der Waals surface area (Å²) < 4.78 is 5.21. The number of nitrogens with one attached hydrogen (secondary N) is 3. The van der Waals surface area contributed by atoms with Crippen LogP contribution in [0.25, 0.3) is 10.9 Å². The average molecular weight is 416 g/mol. The van der Waals surface area contributed by atoms with E-state index in [0.29, 0.717) is 18.2 Å². The summed E-state index contributed by atoms with van der Waals surface area (Å²) in [5.74, 6) is 1.03. The summed E-state index contributed by atoms with van der Waals surface area (Å²) in [6, 6.07) is 26.9. The zero-order valence-electron chi connectivity index (χ0n) is 16.9. The fourth-order valence-corrected chi connectivity index (χ4v) is 3.81. The number of benzene rings is 3. The van der Waals surface area contributed by atoms with Crippen molar-refractivity contribution in [3.63, 3.8) is 0 Å². The number of fused-ring (bicyclic) bond motifs is 1. The maximum absolute atomic E-state index is 5.54. The van der Waals surface area contributed by atoms with Crippen molar-refractivity contribution < 1.29 is 4.74 Å². The lowest BCUT2D eigenvalue weighted by Gasteiger charge is -2.20. The molecule has 0 aliphatic heterocycles. The van der Waals surface area contributed by atoms with Crippen molar-refractivity contribution in [3.8, 4) is 5.75 Å². The Balaban J connectivity index is 1.45. The minimum absolute atomic E-state index is 0.183. The molecule has 0 amide bonds. The minimum Gasteiger partial charge on any atom is -0.497 e. The molecule has 4 rings (SSSR count). The molecular weight excluding hydrogens is 390 g/mol. The Morgan fingerprint density at radius 1 is 0.933 bits per heavy atom. The van der Waals surface area contributed by atoms with Gasteiger partial charge in [0.25, 0.3) is 0 Å². The van der Waals surface area contributed by atoms with Gasteiger partial charge in [-0.1, -0.05) is 60.7 Å². The molecule has 30 heavy (non-hydrogen) atoms. The van der Waals surface area contributed by atoms with Crippen LogP contribution in [0.15, 0.2) is 85.1 Å². The second-order valence-electron chi connectivity index (χ2n) is 7.16. The maximum atomic E-state index is 5.54. The molecule has 0 bridgehead atoms. The third kappa shape index (κ3) is 4.63. The summed E-state index contributed by atoms with van der Waals surface area (Å²) >= 11 is 5.54. The molecule has 0 aliphatic rings. The van der Waals surface area contributed by atoms with E-state index in [-0.39, 0.29) is 5.92 Å². The lowest BCUT2D eigenvalue weighted by molar-refractivity contribution is 0.414. The van der Waals surface area contributed by atoms with Crippen LogP contribution in [-0.4, -0.2) is 23.8 Å². The third-order valence-electron chi connectivity index (χ3n) is 5.28. The van der Waals surface area contributed by atoms with Gasteiger partial charge in [0.2, 0.25) is 0 Å². The van der Waals surface area contributed by atoms with Crippen molar-refractivity contribution >= 4 is 28.2 Å². The highest BCUT2D eigenvalue weighted by atomic mass is 32.1. The largest absolute Gasteiger partial charge is 0.497 e. The Hall–Kier alpha value is -3.31. The van der Waals surface area contributed by atoms with E-state index in [4.69, 9.17) is 17.0 Å². The summed E-state index contributed by atoms with van der Waals surface area (Å²) in [4.78, 5) is 3.40. The Labute approximate surface area is 182 Å². The van der Waals surface area contributed by atoms with Gasteiger partial charge in [-0.15, -0.1) is 0 Å². The average Bonchev–Trinajstić information content (AvgIpc) is 3.23. The third-order valence-corrected chi connectivity index (χ3v) is 5.57. The number of hydrogen-bond acceptors (Lipinski definition) is 2. The van der Waals surface area contributed by atoms with Crippen LogP contribution in [0.3, 0.4) is 0 Å². The van der Waals surface area contributed by atoms with Crippen LogP contribution < -0.4 is 15.4 Å². The maximum Gasteiger partial charge on any atom is 0.166 e. The second-order valence-corrected chi connectivity index (χ2v) is 7.57. The van der Waals surface area contributed by atoms with E-state index < -0.39 is 0 Å². The summed E-state index contributed by atoms with van der Waals surface area (Å²) in [7, 11) is 1.67. The highest BCUT2D eigenvalue weighted by Gasteiger charge is 2.18. The standard InChI is InChI=1S/C25H25N3OS/c1-29-20-13-11-18(12-14-20)15-27-25(30)28-16-22(19-7-3-2-4-8-19)23-17-26-24-10-6-5-9-21(23)24/h2-14,17,22,26H,15-16H2,1H3,(H2,27,28,30)/t22-/m0/s1. The first-order valence-electron chi connectivity index (χ1n) is 10.00. The van der Waals surface area contributed by atoms with Gasteiger partial charge in [0.05, 0.1) is 7.11 Å². The molecule has 3 N–H and O–H groups in total. The second kappa shape index (κ2) is 9.46. The molecule has 152 valence electrons. The van der Waals surface area contributed by atoms with Gasteiger partial charge in [0.15, 0.2) is 5.11 Å². The van der Waals surface area contributed by atoms with Crippen LogP contribution in [0.1, 0.15) is 22.6 Å². The normalized spacial score (nSPS) is 11.8. The number of ether oxygens (including phenoxy) is 1. The predicted molar refractivity (Wildman–Crippen MR) is 127 cm³/mol. The first kappa shape index (κ1) is 20.0. The van der Waals surface area contributed by atoms with Crippen LogP contribution in [-0.2, 0) is 6.54 Å². The van der Waals surface area contributed by atoms with Crippen LogP contribution in [0.4, 0.5) is 0 Å². The van der Waals surface area contributed by atoms with E-state index in [2.05, 4.69) is 70.3 Å². The zero-order valence-corrected chi connectivity index (χ0v) is 17.7. The number of aromatic amines is 1. The monoisotopic (exact) mass is 415 g/mol. The van der Waals surface area contributed by atoms with Gasteiger partial charge in [-0.05, 0) is 47.1 Å². The van der Waals surface area contributed by atoms with E-state index >= 15 is 0 Å². The lowest BCUT2D eigenvalue weighted by atomic mass is 9.91. The van der Waals surface area contributed by atoms with Crippen molar-refractivity contribution in [1.29, 1.82) is 0 Å². The van der Waals surface area contributed by atoms with Crippen molar-refractivity contribution in [3.05, 3.63) is 102 Å². The Morgan fingerprint density at radius 2 is 1.67 bits per heavy atom. The van der Waals surface area contributed by atoms with E-state index in [0.717, 1.165) is 16.8 Å². The summed E-state index contributed by atoms with van der Waals surface area (Å²) in [6.07, 6.45) is 2.11. The molecule has 4 aromatic rings. The number of thiocarbonyl (C=S) groups is 1. The zero-order chi connectivity index (χ0) is 20.8. The smallest absolute Gasteiger partial charge is 0.166 e. The molecule has 0 radical (unpaired) electrons. The number of H-pyrrole nitrogens is 1. The lowest BCUT2D eigenvalue weighted by Crippen LogP contribution is -2.37. The first-order valence-corrected chi connectivity index (χ1v) is 10.4.